The second-order valence-corrected chi connectivity index (χ2v) is 10.2. The van der Waals surface area contributed by atoms with Gasteiger partial charge in [0.05, 0.1) is 58.6 Å². The van der Waals surface area contributed by atoms with Gasteiger partial charge in [-0.05, 0) is 49.7 Å². The van der Waals surface area contributed by atoms with Crippen LogP contribution >= 0.6 is 0 Å². The van der Waals surface area contributed by atoms with Crippen molar-refractivity contribution in [1.29, 1.82) is 0 Å². The number of nitrogens with zero attached hydrogens (tertiary/aromatic N) is 3. The van der Waals surface area contributed by atoms with Gasteiger partial charge in [0.15, 0.2) is 0 Å². The van der Waals surface area contributed by atoms with E-state index in [1.807, 2.05) is 42.5 Å². The maximum Gasteiger partial charge on any atom is 0.361 e. The number of hydrogen-bond acceptors (Lipinski definition) is 12. The summed E-state index contributed by atoms with van der Waals surface area (Å²) in [6, 6.07) is 15.3. The van der Waals surface area contributed by atoms with E-state index in [0.29, 0.717) is 77.2 Å². The van der Waals surface area contributed by atoms with Crippen LogP contribution in [0.2, 0.25) is 0 Å². The van der Waals surface area contributed by atoms with E-state index >= 15 is 0 Å². The molecule has 2 aromatic carbocycles. The predicted molar refractivity (Wildman–Crippen MR) is 180 cm³/mol. The van der Waals surface area contributed by atoms with Crippen LogP contribution in [0.15, 0.2) is 63.9 Å². The third-order valence-corrected chi connectivity index (χ3v) is 7.20. The Morgan fingerprint density at radius 2 is 1.33 bits per heavy atom. The first kappa shape index (κ1) is 35.8. The van der Waals surface area contributed by atoms with E-state index in [0.717, 1.165) is 35.4 Å². The standard InChI is InChI=1S/C33H49N5O7/c1-5-36(6-2)29-12-9-27-23-31(33(39)45-32(27)24-29)38(35)25-30(34)26-7-10-28(11-8-26)37(13-15-40-3)14-16-42-19-20-44-22-21-43-18-17-41-4/h7-12,23-25H,5-6,13-22,34-35H2,1-4H3/b30-25-. The highest BCUT2D eigenvalue weighted by molar-refractivity contribution is 5.83. The number of anilines is 3. The fourth-order valence-electron chi connectivity index (χ4n) is 4.64. The van der Waals surface area contributed by atoms with Gasteiger partial charge in [-0.1, -0.05) is 12.1 Å². The summed E-state index contributed by atoms with van der Waals surface area (Å²) in [5.74, 6) is 6.26. The van der Waals surface area contributed by atoms with Gasteiger partial charge < -0.3 is 43.6 Å². The number of benzene rings is 2. The highest BCUT2D eigenvalue weighted by Crippen LogP contribution is 2.24. The minimum Gasteiger partial charge on any atom is -0.421 e. The Kier molecular flexibility index (Phi) is 15.7. The first-order chi connectivity index (χ1) is 21.9. The summed E-state index contributed by atoms with van der Waals surface area (Å²) < 4.78 is 32.5. The summed E-state index contributed by atoms with van der Waals surface area (Å²) in [5.41, 5.74) is 9.68. The van der Waals surface area contributed by atoms with Crippen molar-refractivity contribution < 1.29 is 28.1 Å². The molecule has 1 heterocycles. The molecular weight excluding hydrogens is 578 g/mol. The van der Waals surface area contributed by atoms with E-state index in [-0.39, 0.29) is 5.69 Å². The maximum absolute atomic E-state index is 12.8. The minimum absolute atomic E-state index is 0.184. The number of methoxy groups -OCH3 is 2. The SMILES string of the molecule is CCN(CC)c1ccc2cc(N(N)/C=C(\N)c3ccc(N(CCOC)CCOCCOCCOCCOC)cc3)c(=O)oc2c1. The lowest BCUT2D eigenvalue weighted by atomic mass is 10.1. The molecule has 0 aliphatic rings. The van der Waals surface area contributed by atoms with Crippen LogP contribution in [-0.4, -0.2) is 93.3 Å². The topological polar surface area (TPSA) is 138 Å². The Morgan fingerprint density at radius 1 is 0.756 bits per heavy atom. The van der Waals surface area contributed by atoms with Crippen LogP contribution in [0.1, 0.15) is 19.4 Å². The molecule has 0 unspecified atom stereocenters. The van der Waals surface area contributed by atoms with Gasteiger partial charge >= 0.3 is 5.63 Å². The Balaban J connectivity index is 1.57. The largest absolute Gasteiger partial charge is 0.421 e. The highest BCUT2D eigenvalue weighted by Gasteiger charge is 2.13. The fraction of sp³-hybridized carbons (Fsp3) is 0.485. The van der Waals surface area contributed by atoms with Crippen molar-refractivity contribution in [3.63, 3.8) is 0 Å². The van der Waals surface area contributed by atoms with E-state index in [2.05, 4.69) is 23.6 Å². The van der Waals surface area contributed by atoms with Crippen molar-refractivity contribution in [3.05, 3.63) is 70.7 Å². The fourth-order valence-corrected chi connectivity index (χ4v) is 4.64. The summed E-state index contributed by atoms with van der Waals surface area (Å²) in [6.07, 6.45) is 1.52. The Morgan fingerprint density at radius 3 is 1.96 bits per heavy atom. The lowest BCUT2D eigenvalue weighted by Gasteiger charge is -2.25. The van der Waals surface area contributed by atoms with Crippen molar-refractivity contribution >= 4 is 33.7 Å². The molecule has 0 saturated heterocycles. The Hall–Kier alpha value is -3.65. The van der Waals surface area contributed by atoms with E-state index in [4.69, 9.17) is 39.7 Å². The number of fused-ring (bicyclic) bond motifs is 1. The van der Waals surface area contributed by atoms with Crippen LogP contribution in [-0.2, 0) is 23.7 Å². The van der Waals surface area contributed by atoms with Crippen LogP contribution in [0.25, 0.3) is 16.7 Å². The van der Waals surface area contributed by atoms with E-state index in [1.54, 1.807) is 20.3 Å². The van der Waals surface area contributed by atoms with E-state index < -0.39 is 5.63 Å². The van der Waals surface area contributed by atoms with E-state index in [9.17, 15) is 4.79 Å². The number of nitrogens with two attached hydrogens (primary N) is 2. The Labute approximate surface area is 266 Å². The zero-order valence-electron chi connectivity index (χ0n) is 27.0. The van der Waals surface area contributed by atoms with E-state index in [1.165, 1.54) is 11.2 Å². The second-order valence-electron chi connectivity index (χ2n) is 10.2. The minimum atomic E-state index is -0.546. The van der Waals surface area contributed by atoms with Crippen LogP contribution in [0.3, 0.4) is 0 Å². The lowest BCUT2D eigenvalue weighted by Crippen LogP contribution is -2.31. The average Bonchev–Trinajstić information content (AvgIpc) is 3.05. The highest BCUT2D eigenvalue weighted by atomic mass is 16.6. The summed E-state index contributed by atoms with van der Waals surface area (Å²) >= 11 is 0. The normalized spacial score (nSPS) is 11.7. The molecule has 0 saturated carbocycles. The molecule has 0 radical (unpaired) electrons. The van der Waals surface area contributed by atoms with Crippen molar-refractivity contribution in [1.82, 2.24) is 0 Å². The van der Waals surface area contributed by atoms with Crippen molar-refractivity contribution in [2.75, 3.05) is 108 Å². The summed E-state index contributed by atoms with van der Waals surface area (Å²) in [6.45, 7) is 11.6. The molecule has 248 valence electrons. The van der Waals surface area contributed by atoms with Gasteiger partial charge in [-0.25, -0.2) is 10.6 Å². The third kappa shape index (κ3) is 11.3. The molecule has 3 rings (SSSR count). The van der Waals surface area contributed by atoms with Crippen molar-refractivity contribution in [2.45, 2.75) is 13.8 Å². The summed E-state index contributed by atoms with van der Waals surface area (Å²) in [7, 11) is 3.32. The number of rotatable bonds is 22. The zero-order chi connectivity index (χ0) is 32.4. The molecule has 1 aromatic heterocycles. The third-order valence-electron chi connectivity index (χ3n) is 7.20. The maximum atomic E-state index is 12.8. The molecule has 0 aliphatic carbocycles. The van der Waals surface area contributed by atoms with Gasteiger partial charge in [0.25, 0.3) is 0 Å². The Bertz CT molecular complexity index is 1360. The van der Waals surface area contributed by atoms with Gasteiger partial charge in [-0.15, -0.1) is 0 Å². The van der Waals surface area contributed by atoms with Gasteiger partial charge in [-0.2, -0.15) is 0 Å². The summed E-state index contributed by atoms with van der Waals surface area (Å²) in [4.78, 5) is 17.2. The molecule has 0 spiro atoms. The number of hydrazine groups is 1. The van der Waals surface area contributed by atoms with Crippen LogP contribution in [0.5, 0.6) is 0 Å². The van der Waals surface area contributed by atoms with Gasteiger partial charge in [-0.3, -0.25) is 5.01 Å². The molecule has 0 bridgehead atoms. The monoisotopic (exact) mass is 627 g/mol. The molecule has 12 nitrogen and oxygen atoms in total. The molecule has 4 N–H and O–H groups in total. The second kappa shape index (κ2) is 19.7. The molecule has 12 heteroatoms. The molecule has 0 amide bonds. The van der Waals surface area contributed by atoms with Crippen molar-refractivity contribution in [3.8, 4) is 0 Å². The van der Waals surface area contributed by atoms with Gasteiger partial charge in [0.2, 0.25) is 0 Å². The smallest absolute Gasteiger partial charge is 0.361 e. The lowest BCUT2D eigenvalue weighted by molar-refractivity contribution is 0.00450. The van der Waals surface area contributed by atoms with Crippen molar-refractivity contribution in [2.24, 2.45) is 11.6 Å². The first-order valence-corrected chi connectivity index (χ1v) is 15.3. The number of ether oxygens (including phenoxy) is 5. The molecule has 0 atom stereocenters. The molecule has 0 aliphatic heterocycles. The van der Waals surface area contributed by atoms with Gasteiger partial charge in [0.1, 0.15) is 11.3 Å². The molecule has 45 heavy (non-hydrogen) atoms. The summed E-state index contributed by atoms with van der Waals surface area (Å²) in [5, 5.41) is 1.97. The molecule has 0 fully saturated rings. The van der Waals surface area contributed by atoms with Crippen LogP contribution in [0, 0.1) is 0 Å². The number of hydrogen-bond donors (Lipinski definition) is 2. The van der Waals surface area contributed by atoms with Crippen LogP contribution in [0.4, 0.5) is 17.1 Å². The van der Waals surface area contributed by atoms with Crippen LogP contribution < -0.4 is 32.0 Å². The molecular formula is C33H49N5O7. The van der Waals surface area contributed by atoms with Gasteiger partial charge in [0, 0.05) is 69.4 Å². The zero-order valence-corrected chi connectivity index (χ0v) is 27.0. The molecule has 3 aromatic rings. The predicted octanol–water partition coefficient (Wildman–Crippen LogP) is 3.43. The quantitative estimate of drug-likeness (QED) is 0.0731. The first-order valence-electron chi connectivity index (χ1n) is 15.3. The average molecular weight is 628 g/mol.